The van der Waals surface area contributed by atoms with Crippen molar-refractivity contribution in [3.63, 3.8) is 0 Å². The predicted octanol–water partition coefficient (Wildman–Crippen LogP) is 3.94. The molecule has 0 nitrogen and oxygen atoms in total. The molecule has 0 heterocycles. The van der Waals surface area contributed by atoms with Gasteiger partial charge in [0.25, 0.3) is 5.92 Å². The lowest BCUT2D eigenvalue weighted by Gasteiger charge is -2.16. The normalized spacial score (nSPS) is 11.9. The summed E-state index contributed by atoms with van der Waals surface area (Å²) in [5, 5.41) is 0. The minimum absolute atomic E-state index is 0.0269. The van der Waals surface area contributed by atoms with Crippen molar-refractivity contribution in [2.75, 3.05) is 0 Å². The molecule has 6 heteroatoms. The number of alkyl halides is 2. The van der Waals surface area contributed by atoms with Gasteiger partial charge >= 0.3 is 0 Å². The standard InChI is InChI=1S/C10H7F6/c1-2-3-10(15,16)5-4-6(11)8(13)9(14)7(5)12/h2-3H2,1H3. The van der Waals surface area contributed by atoms with Crippen LogP contribution in [0.15, 0.2) is 0 Å². The Morgan fingerprint density at radius 2 is 1.56 bits per heavy atom. The lowest BCUT2D eigenvalue weighted by atomic mass is 10.0. The predicted molar refractivity (Wildman–Crippen MR) is 43.9 cm³/mol. The van der Waals surface area contributed by atoms with Crippen molar-refractivity contribution in [1.29, 1.82) is 0 Å². The second-order valence-electron chi connectivity index (χ2n) is 3.21. The molecule has 0 spiro atoms. The Bertz CT molecular complexity index is 399. The van der Waals surface area contributed by atoms with Crippen molar-refractivity contribution in [2.24, 2.45) is 0 Å². The summed E-state index contributed by atoms with van der Waals surface area (Å²) < 4.78 is 77.1. The molecule has 0 atom stereocenters. The second-order valence-corrected chi connectivity index (χ2v) is 3.21. The zero-order valence-electron chi connectivity index (χ0n) is 8.18. The first kappa shape index (κ1) is 12.9. The monoisotopic (exact) mass is 241 g/mol. The van der Waals surface area contributed by atoms with Gasteiger partial charge in [-0.2, -0.15) is 0 Å². The Kier molecular flexibility index (Phi) is 3.50. The summed E-state index contributed by atoms with van der Waals surface area (Å²) in [5.74, 6) is -12.2. The summed E-state index contributed by atoms with van der Waals surface area (Å²) >= 11 is 0. The Morgan fingerprint density at radius 1 is 1.00 bits per heavy atom. The third-order valence-corrected chi connectivity index (χ3v) is 1.96. The molecule has 0 fully saturated rings. The third-order valence-electron chi connectivity index (χ3n) is 1.96. The van der Waals surface area contributed by atoms with E-state index in [0.29, 0.717) is 0 Å². The molecule has 16 heavy (non-hydrogen) atoms. The summed E-state index contributed by atoms with van der Waals surface area (Å²) in [6, 6.07) is 1.20. The van der Waals surface area contributed by atoms with Crippen molar-refractivity contribution in [2.45, 2.75) is 25.7 Å². The van der Waals surface area contributed by atoms with Crippen LogP contribution in [0.25, 0.3) is 0 Å². The SMILES string of the molecule is CCCC(F)(F)c1[c]c(F)c(F)c(F)c1F. The Hall–Kier alpha value is -1.20. The Labute approximate surface area is 87.9 Å². The van der Waals surface area contributed by atoms with Gasteiger partial charge in [-0.05, 0) is 0 Å². The molecule has 0 unspecified atom stereocenters. The average molecular weight is 241 g/mol. The van der Waals surface area contributed by atoms with Crippen molar-refractivity contribution in [1.82, 2.24) is 0 Å². The van der Waals surface area contributed by atoms with Crippen LogP contribution in [-0.2, 0) is 5.92 Å². The minimum atomic E-state index is -3.77. The van der Waals surface area contributed by atoms with E-state index in [4.69, 9.17) is 0 Å². The fraction of sp³-hybridized carbons (Fsp3) is 0.400. The molecule has 1 aromatic carbocycles. The van der Waals surface area contributed by atoms with Gasteiger partial charge < -0.3 is 0 Å². The number of benzene rings is 1. The third kappa shape index (κ3) is 2.15. The Morgan fingerprint density at radius 3 is 2.06 bits per heavy atom. The number of hydrogen-bond acceptors (Lipinski definition) is 0. The lowest BCUT2D eigenvalue weighted by molar-refractivity contribution is -0.0188. The van der Waals surface area contributed by atoms with Crippen LogP contribution in [0.5, 0.6) is 0 Å². The van der Waals surface area contributed by atoms with Crippen LogP contribution in [0.4, 0.5) is 26.3 Å². The zero-order chi connectivity index (χ0) is 12.5. The molecule has 0 aliphatic heterocycles. The highest BCUT2D eigenvalue weighted by molar-refractivity contribution is 5.24. The molecule has 0 saturated heterocycles. The molecule has 0 aromatic heterocycles. The fourth-order valence-corrected chi connectivity index (χ4v) is 1.21. The molecule has 89 valence electrons. The van der Waals surface area contributed by atoms with E-state index >= 15 is 0 Å². The van der Waals surface area contributed by atoms with E-state index < -0.39 is 41.2 Å². The molecule has 0 aliphatic rings. The number of halogens is 6. The molecule has 0 N–H and O–H groups in total. The summed E-state index contributed by atoms with van der Waals surface area (Å²) in [7, 11) is 0. The maximum absolute atomic E-state index is 13.2. The second kappa shape index (κ2) is 4.35. The molecule has 1 rings (SSSR count). The fourth-order valence-electron chi connectivity index (χ4n) is 1.21. The Balaban J connectivity index is 3.35. The highest BCUT2D eigenvalue weighted by Crippen LogP contribution is 2.36. The van der Waals surface area contributed by atoms with Gasteiger partial charge in [0.1, 0.15) is 0 Å². The van der Waals surface area contributed by atoms with Crippen LogP contribution in [0, 0.1) is 29.3 Å². The van der Waals surface area contributed by atoms with E-state index in [-0.39, 0.29) is 6.42 Å². The van der Waals surface area contributed by atoms with E-state index in [1.165, 1.54) is 13.0 Å². The molecule has 0 aliphatic carbocycles. The highest BCUT2D eigenvalue weighted by atomic mass is 19.3. The van der Waals surface area contributed by atoms with Gasteiger partial charge in [-0.15, -0.1) is 0 Å². The topological polar surface area (TPSA) is 0 Å². The van der Waals surface area contributed by atoms with E-state index in [0.717, 1.165) is 0 Å². The molecule has 1 radical (unpaired) electrons. The summed E-state index contributed by atoms with van der Waals surface area (Å²) in [6.07, 6.45) is -0.828. The van der Waals surface area contributed by atoms with Gasteiger partial charge in [0.2, 0.25) is 0 Å². The molecule has 1 aromatic rings. The quantitative estimate of drug-likeness (QED) is 0.427. The van der Waals surface area contributed by atoms with E-state index in [1.54, 1.807) is 0 Å². The largest absolute Gasteiger partial charge is 0.276 e. The minimum Gasteiger partial charge on any atom is -0.203 e. The van der Waals surface area contributed by atoms with Gasteiger partial charge in [-0.3, -0.25) is 0 Å². The first-order chi connectivity index (χ1) is 7.31. The van der Waals surface area contributed by atoms with Crippen molar-refractivity contribution in [3.05, 3.63) is 34.9 Å². The first-order valence-corrected chi connectivity index (χ1v) is 4.44. The van der Waals surface area contributed by atoms with Crippen LogP contribution in [0.2, 0.25) is 0 Å². The lowest BCUT2D eigenvalue weighted by Crippen LogP contribution is -2.18. The molecular formula is C10H7F6. The summed E-state index contributed by atoms with van der Waals surface area (Å²) in [6.45, 7) is 1.39. The van der Waals surface area contributed by atoms with E-state index in [1.807, 2.05) is 0 Å². The maximum atomic E-state index is 13.2. The summed E-state index contributed by atoms with van der Waals surface area (Å²) in [5.41, 5.74) is -1.58. The first-order valence-electron chi connectivity index (χ1n) is 4.44. The van der Waals surface area contributed by atoms with Crippen LogP contribution in [0.3, 0.4) is 0 Å². The molecule has 0 bridgehead atoms. The van der Waals surface area contributed by atoms with Crippen molar-refractivity contribution >= 4 is 0 Å². The van der Waals surface area contributed by atoms with Gasteiger partial charge in [0.15, 0.2) is 23.3 Å². The van der Waals surface area contributed by atoms with Crippen LogP contribution in [-0.4, -0.2) is 0 Å². The van der Waals surface area contributed by atoms with Crippen molar-refractivity contribution < 1.29 is 26.3 Å². The van der Waals surface area contributed by atoms with E-state index in [2.05, 4.69) is 0 Å². The van der Waals surface area contributed by atoms with Crippen LogP contribution >= 0.6 is 0 Å². The summed E-state index contributed by atoms with van der Waals surface area (Å²) in [4.78, 5) is 0. The van der Waals surface area contributed by atoms with E-state index in [9.17, 15) is 26.3 Å². The molecular weight excluding hydrogens is 234 g/mol. The smallest absolute Gasteiger partial charge is 0.203 e. The molecule has 0 amide bonds. The zero-order valence-corrected chi connectivity index (χ0v) is 8.18. The van der Waals surface area contributed by atoms with Crippen LogP contribution < -0.4 is 0 Å². The maximum Gasteiger partial charge on any atom is 0.276 e. The van der Waals surface area contributed by atoms with Gasteiger partial charge in [-0.1, -0.05) is 13.3 Å². The highest BCUT2D eigenvalue weighted by Gasteiger charge is 2.37. The van der Waals surface area contributed by atoms with Crippen LogP contribution in [0.1, 0.15) is 25.3 Å². The van der Waals surface area contributed by atoms with Gasteiger partial charge in [-0.25, -0.2) is 26.3 Å². The van der Waals surface area contributed by atoms with Gasteiger partial charge in [0, 0.05) is 12.5 Å². The van der Waals surface area contributed by atoms with Crippen molar-refractivity contribution in [3.8, 4) is 0 Å². The molecule has 0 saturated carbocycles. The number of rotatable bonds is 3. The van der Waals surface area contributed by atoms with Gasteiger partial charge in [0.05, 0.1) is 5.56 Å². The number of hydrogen-bond donors (Lipinski definition) is 0. The average Bonchev–Trinajstić information content (AvgIpc) is 2.20.